The number of thioether (sulfide) groups is 1. The third kappa shape index (κ3) is 6.12. The Kier molecular flexibility index (Phi) is 6.62. The molecule has 0 radical (unpaired) electrons. The topological polar surface area (TPSA) is 71.1 Å². The summed E-state index contributed by atoms with van der Waals surface area (Å²) in [5.74, 6) is 0.0309. The molecule has 120 valence electrons. The lowest BCUT2D eigenvalue weighted by atomic mass is 10.3. The van der Waals surface area contributed by atoms with Crippen LogP contribution in [0.1, 0.15) is 12.6 Å². The summed E-state index contributed by atoms with van der Waals surface area (Å²) in [4.78, 5) is 28.9. The number of carbonyl (C=O) groups excluding carboxylic acids is 2. The van der Waals surface area contributed by atoms with E-state index in [0.717, 1.165) is 10.6 Å². The average molecular weight is 329 g/mol. The Hall–Kier alpha value is -2.34. The molecule has 1 unspecified atom stereocenters. The minimum absolute atomic E-state index is 0.214. The maximum atomic E-state index is 12.3. The summed E-state index contributed by atoms with van der Waals surface area (Å²) >= 11 is 1.53. The minimum atomic E-state index is -0.582. The van der Waals surface area contributed by atoms with Crippen LogP contribution in [0.2, 0.25) is 0 Å². The van der Waals surface area contributed by atoms with Crippen molar-refractivity contribution in [2.45, 2.75) is 24.4 Å². The fourth-order valence-electron chi connectivity index (χ4n) is 1.93. The fourth-order valence-corrected chi connectivity index (χ4v) is 2.87. The Balaban J connectivity index is 1.91. The molecule has 0 aliphatic heterocycles. The van der Waals surface area contributed by atoms with Gasteiger partial charge in [0.05, 0.1) is 12.2 Å². The molecule has 1 heterocycles. The summed E-state index contributed by atoms with van der Waals surface area (Å²) in [7, 11) is 0. The van der Waals surface area contributed by atoms with Crippen LogP contribution >= 0.6 is 11.8 Å². The Morgan fingerprint density at radius 3 is 2.52 bits per heavy atom. The van der Waals surface area contributed by atoms with Crippen molar-refractivity contribution in [2.75, 3.05) is 5.75 Å². The van der Waals surface area contributed by atoms with E-state index in [1.807, 2.05) is 48.5 Å². The number of carbonyl (C=O) groups is 2. The molecule has 0 saturated carbocycles. The van der Waals surface area contributed by atoms with Gasteiger partial charge in [0.15, 0.2) is 0 Å². The largest absolute Gasteiger partial charge is 0.349 e. The average Bonchev–Trinajstić information content (AvgIpc) is 2.58. The normalized spacial score (nSPS) is 11.5. The number of benzene rings is 1. The number of hydrogen-bond acceptors (Lipinski definition) is 4. The number of nitrogens with zero attached hydrogens (tertiary/aromatic N) is 1. The first-order valence-corrected chi connectivity index (χ1v) is 8.26. The molecule has 1 aromatic heterocycles. The smallest absolute Gasteiger partial charge is 0.243 e. The maximum Gasteiger partial charge on any atom is 0.243 e. The van der Waals surface area contributed by atoms with Gasteiger partial charge in [-0.05, 0) is 24.3 Å². The van der Waals surface area contributed by atoms with Crippen LogP contribution in [-0.4, -0.2) is 28.6 Å². The third-order valence-electron chi connectivity index (χ3n) is 3.02. The highest BCUT2D eigenvalue weighted by molar-refractivity contribution is 7.99. The van der Waals surface area contributed by atoms with Crippen molar-refractivity contribution in [1.82, 2.24) is 15.6 Å². The molecule has 0 fully saturated rings. The van der Waals surface area contributed by atoms with Gasteiger partial charge in [-0.2, -0.15) is 0 Å². The van der Waals surface area contributed by atoms with E-state index in [4.69, 9.17) is 0 Å². The monoisotopic (exact) mass is 329 g/mol. The van der Waals surface area contributed by atoms with E-state index in [9.17, 15) is 9.59 Å². The summed E-state index contributed by atoms with van der Waals surface area (Å²) in [5, 5.41) is 5.51. The number of nitrogens with one attached hydrogen (secondary N) is 2. The van der Waals surface area contributed by atoms with E-state index in [-0.39, 0.29) is 11.8 Å². The molecular formula is C17H19N3O2S. The number of amides is 2. The second-order valence-corrected chi connectivity index (χ2v) is 6.01. The fraction of sp³-hybridized carbons (Fsp3) is 0.235. The molecule has 2 amide bonds. The van der Waals surface area contributed by atoms with E-state index >= 15 is 0 Å². The Labute approximate surface area is 139 Å². The second kappa shape index (κ2) is 8.95. The lowest BCUT2D eigenvalue weighted by Crippen LogP contribution is -2.47. The van der Waals surface area contributed by atoms with E-state index < -0.39 is 6.04 Å². The van der Waals surface area contributed by atoms with Gasteiger partial charge >= 0.3 is 0 Å². The zero-order chi connectivity index (χ0) is 16.5. The number of rotatable bonds is 7. The molecule has 6 heteroatoms. The molecule has 1 aromatic carbocycles. The van der Waals surface area contributed by atoms with Gasteiger partial charge in [-0.1, -0.05) is 24.3 Å². The van der Waals surface area contributed by atoms with Crippen molar-refractivity contribution >= 4 is 23.6 Å². The van der Waals surface area contributed by atoms with E-state index in [1.165, 1.54) is 18.7 Å². The van der Waals surface area contributed by atoms with Gasteiger partial charge < -0.3 is 10.6 Å². The summed E-state index contributed by atoms with van der Waals surface area (Å²) in [5.41, 5.74) is 0.776. The first-order valence-electron chi connectivity index (χ1n) is 7.27. The Morgan fingerprint density at radius 2 is 1.87 bits per heavy atom. The summed E-state index contributed by atoms with van der Waals surface area (Å²) < 4.78 is 0. The maximum absolute atomic E-state index is 12.3. The number of pyridine rings is 1. The summed E-state index contributed by atoms with van der Waals surface area (Å²) in [6, 6.07) is 14.7. The molecule has 0 spiro atoms. The summed E-state index contributed by atoms with van der Waals surface area (Å²) in [6.45, 7) is 1.75. The van der Waals surface area contributed by atoms with Gasteiger partial charge in [0.1, 0.15) is 6.04 Å². The molecule has 0 aliphatic rings. The van der Waals surface area contributed by atoms with Crippen LogP contribution in [0.15, 0.2) is 59.6 Å². The predicted octanol–water partition coefficient (Wildman–Crippen LogP) is 1.99. The van der Waals surface area contributed by atoms with Crippen LogP contribution in [0.3, 0.4) is 0 Å². The van der Waals surface area contributed by atoms with Gasteiger partial charge in [0.25, 0.3) is 0 Å². The second-order valence-electron chi connectivity index (χ2n) is 4.92. The molecule has 0 saturated heterocycles. The standard InChI is InChI=1S/C17H19N3O2S/c1-13(21)20-16(12-23-15-8-3-2-4-9-15)17(22)19-11-14-7-5-6-10-18-14/h2-10,16H,11-12H2,1H3,(H,19,22)(H,20,21). The van der Waals surface area contributed by atoms with Crippen molar-refractivity contribution in [3.63, 3.8) is 0 Å². The SMILES string of the molecule is CC(=O)NC(CSc1ccccc1)C(=O)NCc1ccccn1. The van der Waals surface area contributed by atoms with Crippen LogP contribution in [0, 0.1) is 0 Å². The summed E-state index contributed by atoms with van der Waals surface area (Å²) in [6.07, 6.45) is 1.68. The number of hydrogen-bond donors (Lipinski definition) is 2. The van der Waals surface area contributed by atoms with Crippen LogP contribution in [-0.2, 0) is 16.1 Å². The molecule has 2 rings (SSSR count). The lowest BCUT2D eigenvalue weighted by molar-refractivity contribution is -0.127. The van der Waals surface area contributed by atoms with Gasteiger partial charge in [0, 0.05) is 23.8 Å². The molecule has 5 nitrogen and oxygen atoms in total. The van der Waals surface area contributed by atoms with Gasteiger partial charge in [-0.25, -0.2) is 0 Å². The molecular weight excluding hydrogens is 310 g/mol. The lowest BCUT2D eigenvalue weighted by Gasteiger charge is -2.17. The number of aromatic nitrogens is 1. The molecule has 0 aliphatic carbocycles. The van der Waals surface area contributed by atoms with Crippen molar-refractivity contribution in [3.8, 4) is 0 Å². The Morgan fingerprint density at radius 1 is 1.13 bits per heavy atom. The molecule has 1 atom stereocenters. The third-order valence-corrected chi connectivity index (χ3v) is 4.13. The molecule has 2 aromatic rings. The highest BCUT2D eigenvalue weighted by atomic mass is 32.2. The van der Waals surface area contributed by atoms with Crippen LogP contribution < -0.4 is 10.6 Å². The van der Waals surface area contributed by atoms with Crippen molar-refractivity contribution in [1.29, 1.82) is 0 Å². The minimum Gasteiger partial charge on any atom is -0.349 e. The van der Waals surface area contributed by atoms with Gasteiger partial charge in [0.2, 0.25) is 11.8 Å². The van der Waals surface area contributed by atoms with Crippen molar-refractivity contribution < 1.29 is 9.59 Å². The highest BCUT2D eigenvalue weighted by Gasteiger charge is 2.19. The van der Waals surface area contributed by atoms with E-state index in [2.05, 4.69) is 15.6 Å². The molecule has 2 N–H and O–H groups in total. The van der Waals surface area contributed by atoms with Gasteiger partial charge in [-0.3, -0.25) is 14.6 Å². The van der Waals surface area contributed by atoms with E-state index in [1.54, 1.807) is 6.20 Å². The van der Waals surface area contributed by atoms with E-state index in [0.29, 0.717) is 12.3 Å². The molecule has 0 bridgehead atoms. The molecule has 23 heavy (non-hydrogen) atoms. The van der Waals surface area contributed by atoms with Crippen molar-refractivity contribution in [3.05, 3.63) is 60.4 Å². The predicted molar refractivity (Wildman–Crippen MR) is 90.9 cm³/mol. The quantitative estimate of drug-likeness (QED) is 0.762. The zero-order valence-corrected chi connectivity index (χ0v) is 13.7. The first kappa shape index (κ1) is 17.0. The zero-order valence-electron chi connectivity index (χ0n) is 12.9. The Bertz CT molecular complexity index is 635. The van der Waals surface area contributed by atoms with Gasteiger partial charge in [-0.15, -0.1) is 11.8 Å². The first-order chi connectivity index (χ1) is 11.1. The highest BCUT2D eigenvalue weighted by Crippen LogP contribution is 2.18. The van der Waals surface area contributed by atoms with Crippen LogP contribution in [0.4, 0.5) is 0 Å². The van der Waals surface area contributed by atoms with Crippen LogP contribution in [0.5, 0.6) is 0 Å². The van der Waals surface area contributed by atoms with Crippen molar-refractivity contribution in [2.24, 2.45) is 0 Å². The van der Waals surface area contributed by atoms with Crippen LogP contribution in [0.25, 0.3) is 0 Å².